The summed E-state index contributed by atoms with van der Waals surface area (Å²) < 4.78 is 17.1. The first-order chi connectivity index (χ1) is 14.8. The minimum atomic E-state index is -0.657. The van der Waals surface area contributed by atoms with Crippen molar-refractivity contribution in [3.05, 3.63) is 46.6 Å². The monoisotopic (exact) mass is 430 g/mol. The number of allylic oxidation sites excluding steroid dienone is 3. The molecule has 1 atom stereocenters. The quantitative estimate of drug-likeness (QED) is 0.270. The number of hydrogen-bond donors (Lipinski definition) is 2. The van der Waals surface area contributed by atoms with Crippen molar-refractivity contribution in [1.82, 2.24) is 0 Å². The molecule has 2 rings (SSSR count). The fraction of sp³-hybridized carbons (Fsp3) is 0.435. The third kappa shape index (κ3) is 5.45. The molecule has 0 amide bonds. The predicted octanol–water partition coefficient (Wildman–Crippen LogP) is 4.62. The highest BCUT2D eigenvalue weighted by Crippen LogP contribution is 2.42. The lowest BCUT2D eigenvalue weighted by Gasteiger charge is -2.26. The Morgan fingerprint density at radius 2 is 1.68 bits per heavy atom. The van der Waals surface area contributed by atoms with Crippen molar-refractivity contribution in [3.63, 3.8) is 0 Å². The van der Waals surface area contributed by atoms with E-state index in [1.807, 2.05) is 33.8 Å². The van der Waals surface area contributed by atoms with E-state index in [1.165, 1.54) is 26.4 Å². The molecule has 0 aromatic heterocycles. The van der Waals surface area contributed by atoms with Crippen LogP contribution in [-0.4, -0.2) is 42.0 Å². The molecule has 0 unspecified atom stereocenters. The highest BCUT2D eigenvalue weighted by molar-refractivity contribution is 6.27. The molecule has 0 saturated heterocycles. The molecule has 1 aliphatic carbocycles. The third-order valence-electron chi connectivity index (χ3n) is 4.76. The zero-order valence-electron chi connectivity index (χ0n) is 18.8. The van der Waals surface area contributed by atoms with Crippen molar-refractivity contribution in [3.8, 4) is 11.5 Å². The van der Waals surface area contributed by atoms with Gasteiger partial charge in [-0.15, -0.1) is 0 Å². The van der Waals surface area contributed by atoms with E-state index >= 15 is 0 Å². The molecule has 0 spiro atoms. The average Bonchev–Trinajstić information content (AvgIpc) is 2.73. The fourth-order valence-corrected chi connectivity index (χ4v) is 3.39. The first-order valence-electron chi connectivity index (χ1n) is 10.0. The van der Waals surface area contributed by atoms with Crippen molar-refractivity contribution in [2.75, 3.05) is 14.2 Å². The van der Waals surface area contributed by atoms with Crippen molar-refractivity contribution >= 4 is 17.4 Å². The summed E-state index contributed by atoms with van der Waals surface area (Å²) in [5.74, 6) is 0.539. The molecule has 8 heteroatoms. The molecule has 2 N–H and O–H groups in total. The van der Waals surface area contributed by atoms with Crippen LogP contribution in [0.25, 0.3) is 0 Å². The molecule has 1 aliphatic rings. The summed E-state index contributed by atoms with van der Waals surface area (Å²) in [6.45, 7) is 7.81. The van der Waals surface area contributed by atoms with Crippen molar-refractivity contribution in [1.29, 1.82) is 0 Å². The lowest BCUT2D eigenvalue weighted by Crippen LogP contribution is -2.20. The van der Waals surface area contributed by atoms with Gasteiger partial charge in [0.25, 0.3) is 0 Å². The Bertz CT molecular complexity index is 940. The lowest BCUT2D eigenvalue weighted by molar-refractivity contribution is -0.150. The first kappa shape index (κ1) is 24.0. The molecule has 1 aromatic rings. The van der Waals surface area contributed by atoms with E-state index in [-0.39, 0.29) is 29.7 Å². The minimum absolute atomic E-state index is 0.151. The molecule has 8 nitrogen and oxygen atoms in total. The summed E-state index contributed by atoms with van der Waals surface area (Å²) in [5, 5.41) is 25.7. The normalized spacial score (nSPS) is 16.2. The van der Waals surface area contributed by atoms with Crippen LogP contribution in [0.5, 0.6) is 11.5 Å². The summed E-state index contributed by atoms with van der Waals surface area (Å²) in [6, 6.07) is 1.70. The largest absolute Gasteiger partial charge is 0.496 e. The van der Waals surface area contributed by atoms with Gasteiger partial charge >= 0.3 is 5.97 Å². The van der Waals surface area contributed by atoms with Crippen molar-refractivity contribution in [2.24, 2.45) is 16.2 Å². The summed E-state index contributed by atoms with van der Waals surface area (Å²) >= 11 is 0. The van der Waals surface area contributed by atoms with Gasteiger partial charge in [-0.1, -0.05) is 35.8 Å². The Morgan fingerprint density at radius 3 is 2.16 bits per heavy atom. The zero-order chi connectivity index (χ0) is 23.1. The van der Waals surface area contributed by atoms with Crippen LogP contribution in [0.1, 0.15) is 63.3 Å². The number of nitrogens with zero attached hydrogens (tertiary/aromatic N) is 2. The summed E-state index contributed by atoms with van der Waals surface area (Å²) in [7, 11) is 2.95. The highest BCUT2D eigenvalue weighted by atomic mass is 16.5. The number of benzene rings is 1. The highest BCUT2D eigenvalue weighted by Gasteiger charge is 2.32. The first-order valence-corrected chi connectivity index (χ1v) is 10.0. The van der Waals surface area contributed by atoms with Gasteiger partial charge in [-0.3, -0.25) is 4.79 Å². The van der Waals surface area contributed by atoms with Crippen LogP contribution in [0, 0.1) is 5.92 Å². The van der Waals surface area contributed by atoms with E-state index in [2.05, 4.69) is 10.3 Å². The second kappa shape index (κ2) is 10.7. The van der Waals surface area contributed by atoms with E-state index in [1.54, 1.807) is 6.07 Å². The zero-order valence-corrected chi connectivity index (χ0v) is 18.8. The summed E-state index contributed by atoms with van der Waals surface area (Å²) in [5.41, 5.74) is 2.85. The van der Waals surface area contributed by atoms with Crippen LogP contribution < -0.4 is 9.47 Å². The molecule has 0 saturated carbocycles. The SMILES string of the molecule is COc1cc([C@@H](CC=C(C)C)OC(=O)CC(C)C)c(OC)c2c1/C(=N/O)C=C/C2=N\O. The molecule has 1 aromatic carbocycles. The van der Waals surface area contributed by atoms with Gasteiger partial charge in [0.1, 0.15) is 29.0 Å². The second-order valence-corrected chi connectivity index (χ2v) is 7.85. The Kier molecular flexibility index (Phi) is 8.24. The van der Waals surface area contributed by atoms with Gasteiger partial charge in [-0.05, 0) is 38.0 Å². The van der Waals surface area contributed by atoms with E-state index in [9.17, 15) is 15.2 Å². The van der Waals surface area contributed by atoms with E-state index in [0.717, 1.165) is 5.57 Å². The molecular weight excluding hydrogens is 400 g/mol. The predicted molar refractivity (Wildman–Crippen MR) is 118 cm³/mol. The van der Waals surface area contributed by atoms with Gasteiger partial charge in [0.2, 0.25) is 0 Å². The van der Waals surface area contributed by atoms with Gasteiger partial charge in [0, 0.05) is 18.4 Å². The van der Waals surface area contributed by atoms with Gasteiger partial charge in [0.05, 0.1) is 25.3 Å². The van der Waals surface area contributed by atoms with Crippen molar-refractivity contribution < 1.29 is 29.4 Å². The smallest absolute Gasteiger partial charge is 0.306 e. The number of methoxy groups -OCH3 is 2. The Morgan fingerprint density at radius 1 is 1.06 bits per heavy atom. The van der Waals surface area contributed by atoms with Gasteiger partial charge < -0.3 is 24.6 Å². The molecular formula is C23H30N2O6. The number of ether oxygens (including phenoxy) is 3. The Balaban J connectivity index is 2.74. The Labute approximate surface area is 182 Å². The van der Waals surface area contributed by atoms with E-state index in [0.29, 0.717) is 34.6 Å². The van der Waals surface area contributed by atoms with Crippen LogP contribution in [-0.2, 0) is 9.53 Å². The fourth-order valence-electron chi connectivity index (χ4n) is 3.39. The molecule has 0 heterocycles. The molecule has 168 valence electrons. The number of fused-ring (bicyclic) bond motifs is 1. The number of carbonyl (C=O) groups excluding carboxylic acids is 1. The van der Waals surface area contributed by atoms with Gasteiger partial charge in [-0.2, -0.15) is 0 Å². The van der Waals surface area contributed by atoms with Gasteiger partial charge in [-0.25, -0.2) is 0 Å². The van der Waals surface area contributed by atoms with Crippen LogP contribution in [0.15, 0.2) is 40.2 Å². The number of esters is 1. The second-order valence-electron chi connectivity index (χ2n) is 7.85. The Hall–Kier alpha value is -3.29. The van der Waals surface area contributed by atoms with Crippen LogP contribution in [0.3, 0.4) is 0 Å². The summed E-state index contributed by atoms with van der Waals surface area (Å²) in [4.78, 5) is 12.5. The van der Waals surface area contributed by atoms with Gasteiger partial charge in [0.15, 0.2) is 0 Å². The van der Waals surface area contributed by atoms with Crippen molar-refractivity contribution in [2.45, 2.75) is 46.6 Å². The lowest BCUT2D eigenvalue weighted by atomic mass is 9.88. The number of carbonyl (C=O) groups is 1. The molecule has 0 aliphatic heterocycles. The summed E-state index contributed by atoms with van der Waals surface area (Å²) in [6.07, 6.45) is 5.02. The van der Waals surface area contributed by atoms with Crippen LogP contribution >= 0.6 is 0 Å². The van der Waals surface area contributed by atoms with Crippen LogP contribution in [0.4, 0.5) is 0 Å². The standard InChI is InChI=1S/C23H30N2O6/c1-13(2)7-10-18(31-20(26)11-14(3)4)15-12-19(29-5)21-16(24-27)8-9-17(25-28)22(21)23(15)30-6/h7-9,12,14,18,27-28H,10-11H2,1-6H3/b24-16+,25-17+/t18-/m1/s1. The number of rotatable bonds is 8. The van der Waals surface area contributed by atoms with E-state index < -0.39 is 6.10 Å². The maximum Gasteiger partial charge on any atom is 0.306 e. The molecule has 31 heavy (non-hydrogen) atoms. The average molecular weight is 431 g/mol. The maximum atomic E-state index is 12.5. The van der Waals surface area contributed by atoms with E-state index in [4.69, 9.17) is 14.2 Å². The molecule has 0 radical (unpaired) electrons. The van der Waals surface area contributed by atoms with Crippen LogP contribution in [0.2, 0.25) is 0 Å². The topological polar surface area (TPSA) is 110 Å². The number of oxime groups is 2. The number of hydrogen-bond acceptors (Lipinski definition) is 8. The minimum Gasteiger partial charge on any atom is -0.496 e. The molecule has 0 fully saturated rings. The molecule has 0 bridgehead atoms. The maximum absolute atomic E-state index is 12.5. The third-order valence-corrected chi connectivity index (χ3v) is 4.76.